The maximum atomic E-state index is 12.8. The van der Waals surface area contributed by atoms with Gasteiger partial charge in [-0.1, -0.05) is 29.3 Å². The third-order valence-electron chi connectivity index (χ3n) is 1.49. The van der Waals surface area contributed by atoms with Gasteiger partial charge in [-0.15, -0.1) is 0 Å². The van der Waals surface area contributed by atoms with Crippen molar-refractivity contribution in [2.24, 2.45) is 0 Å². The van der Waals surface area contributed by atoms with Crippen molar-refractivity contribution < 1.29 is 4.39 Å². The zero-order valence-corrected chi connectivity index (χ0v) is 10.1. The van der Waals surface area contributed by atoms with Crippen molar-refractivity contribution in [2.75, 3.05) is 11.9 Å². The largest absolute Gasteiger partial charge is 0.379 e. The molecule has 0 aromatic heterocycles. The minimum absolute atomic E-state index is 0.333. The van der Waals surface area contributed by atoms with E-state index in [4.69, 9.17) is 23.2 Å². The highest BCUT2D eigenvalue weighted by Gasteiger charge is 2.06. The van der Waals surface area contributed by atoms with Gasteiger partial charge in [0.15, 0.2) is 0 Å². The van der Waals surface area contributed by atoms with Crippen LogP contribution >= 0.6 is 39.1 Å². The Bertz CT molecular complexity index is 332. The Labute approximate surface area is 100 Å². The second kappa shape index (κ2) is 5.59. The van der Waals surface area contributed by atoms with Crippen molar-refractivity contribution in [3.8, 4) is 0 Å². The van der Waals surface area contributed by atoms with Gasteiger partial charge in [0.2, 0.25) is 0 Å². The van der Waals surface area contributed by atoms with E-state index in [1.807, 2.05) is 0 Å². The molecule has 0 spiro atoms. The molecule has 1 rings (SSSR count). The van der Waals surface area contributed by atoms with Gasteiger partial charge in [0.05, 0.1) is 10.7 Å². The molecule has 0 amide bonds. The maximum Gasteiger partial charge on any atom is 0.125 e. The van der Waals surface area contributed by atoms with Crippen molar-refractivity contribution in [2.45, 2.75) is 0 Å². The van der Waals surface area contributed by atoms with E-state index < -0.39 is 0 Å². The molecule has 1 aromatic rings. The van der Waals surface area contributed by atoms with E-state index in [9.17, 15) is 4.39 Å². The van der Waals surface area contributed by atoms with Gasteiger partial charge in [0.25, 0.3) is 0 Å². The standard InChI is InChI=1S/C9H7BrCl2FN/c10-7-4-6(13)5-8(12)9(7)14-3-1-2-11/h1-2,4-5,14H,3H2/b2-1+. The molecule has 0 radical (unpaired) electrons. The van der Waals surface area contributed by atoms with Gasteiger partial charge in [0.1, 0.15) is 5.82 Å². The molecule has 76 valence electrons. The van der Waals surface area contributed by atoms with Gasteiger partial charge in [0, 0.05) is 16.6 Å². The Hall–Kier alpha value is -0.250. The third-order valence-corrected chi connectivity index (χ3v) is 2.59. The van der Waals surface area contributed by atoms with Crippen LogP contribution in [-0.4, -0.2) is 6.54 Å². The molecule has 0 unspecified atom stereocenters. The molecule has 1 aromatic carbocycles. The number of halogens is 4. The number of nitrogens with one attached hydrogen (secondary N) is 1. The van der Waals surface area contributed by atoms with Crippen molar-refractivity contribution >= 4 is 44.8 Å². The molecule has 0 saturated carbocycles. The van der Waals surface area contributed by atoms with Crippen molar-refractivity contribution in [1.29, 1.82) is 0 Å². The highest BCUT2D eigenvalue weighted by Crippen LogP contribution is 2.31. The highest BCUT2D eigenvalue weighted by molar-refractivity contribution is 9.10. The fraction of sp³-hybridized carbons (Fsp3) is 0.111. The summed E-state index contributed by atoms with van der Waals surface area (Å²) in [6.45, 7) is 0.535. The summed E-state index contributed by atoms with van der Waals surface area (Å²) in [7, 11) is 0. The van der Waals surface area contributed by atoms with E-state index in [1.54, 1.807) is 6.08 Å². The molecule has 1 N–H and O–H groups in total. The predicted octanol–water partition coefficient (Wildman–Crippen LogP) is 4.41. The van der Waals surface area contributed by atoms with Crippen LogP contribution in [0.2, 0.25) is 5.02 Å². The van der Waals surface area contributed by atoms with Gasteiger partial charge in [-0.05, 0) is 28.1 Å². The van der Waals surface area contributed by atoms with Crippen LogP contribution in [0.3, 0.4) is 0 Å². The lowest BCUT2D eigenvalue weighted by Gasteiger charge is -2.08. The molecule has 14 heavy (non-hydrogen) atoms. The molecular formula is C9H7BrCl2FN. The van der Waals surface area contributed by atoms with E-state index in [1.165, 1.54) is 17.7 Å². The smallest absolute Gasteiger partial charge is 0.125 e. The van der Waals surface area contributed by atoms with Gasteiger partial charge in [-0.25, -0.2) is 4.39 Å². The number of rotatable bonds is 3. The molecule has 0 atom stereocenters. The van der Waals surface area contributed by atoms with E-state index in [2.05, 4.69) is 21.2 Å². The second-order valence-electron chi connectivity index (χ2n) is 2.49. The average molecular weight is 299 g/mol. The van der Waals surface area contributed by atoms with Crippen LogP contribution in [-0.2, 0) is 0 Å². The Morgan fingerprint density at radius 1 is 1.50 bits per heavy atom. The molecule has 0 bridgehead atoms. The third kappa shape index (κ3) is 3.15. The average Bonchev–Trinajstić information content (AvgIpc) is 2.09. The Morgan fingerprint density at radius 2 is 2.21 bits per heavy atom. The normalized spacial score (nSPS) is 10.9. The van der Waals surface area contributed by atoms with Crippen molar-refractivity contribution in [3.05, 3.63) is 39.1 Å². The molecule has 0 saturated heterocycles. The minimum atomic E-state index is -0.375. The zero-order chi connectivity index (χ0) is 10.6. The van der Waals surface area contributed by atoms with Crippen LogP contribution in [0.5, 0.6) is 0 Å². The molecule has 0 fully saturated rings. The zero-order valence-electron chi connectivity index (χ0n) is 7.03. The van der Waals surface area contributed by atoms with Crippen LogP contribution in [0.25, 0.3) is 0 Å². The Morgan fingerprint density at radius 3 is 2.79 bits per heavy atom. The molecule has 0 aliphatic rings. The van der Waals surface area contributed by atoms with Crippen LogP contribution in [0.4, 0.5) is 10.1 Å². The van der Waals surface area contributed by atoms with Crippen molar-refractivity contribution in [3.63, 3.8) is 0 Å². The first-order valence-electron chi connectivity index (χ1n) is 3.79. The van der Waals surface area contributed by atoms with E-state index in [-0.39, 0.29) is 5.82 Å². The SMILES string of the molecule is Fc1cc(Cl)c(NC/C=C/Cl)c(Br)c1. The summed E-state index contributed by atoms with van der Waals surface area (Å²) >= 11 is 14.4. The monoisotopic (exact) mass is 297 g/mol. The fourth-order valence-corrected chi connectivity index (χ4v) is 1.97. The summed E-state index contributed by atoms with van der Waals surface area (Å²) in [6.07, 6.45) is 1.72. The predicted molar refractivity (Wildman–Crippen MR) is 62.6 cm³/mol. The van der Waals surface area contributed by atoms with Gasteiger partial charge < -0.3 is 5.32 Å². The van der Waals surface area contributed by atoms with Gasteiger partial charge >= 0.3 is 0 Å². The lowest BCUT2D eigenvalue weighted by atomic mass is 10.3. The summed E-state index contributed by atoms with van der Waals surface area (Å²) in [6, 6.07) is 2.59. The van der Waals surface area contributed by atoms with Gasteiger partial charge in [-0.3, -0.25) is 0 Å². The van der Waals surface area contributed by atoms with E-state index in [0.29, 0.717) is 21.7 Å². The first-order chi connectivity index (χ1) is 6.65. The topological polar surface area (TPSA) is 12.0 Å². The Balaban J connectivity index is 2.85. The number of benzene rings is 1. The summed E-state index contributed by atoms with van der Waals surface area (Å²) in [5.74, 6) is -0.375. The van der Waals surface area contributed by atoms with Crippen LogP contribution in [0.15, 0.2) is 28.2 Å². The second-order valence-corrected chi connectivity index (χ2v) is 4.00. The number of anilines is 1. The van der Waals surface area contributed by atoms with Gasteiger partial charge in [-0.2, -0.15) is 0 Å². The number of hydrogen-bond acceptors (Lipinski definition) is 1. The van der Waals surface area contributed by atoms with Crippen molar-refractivity contribution in [1.82, 2.24) is 0 Å². The molecule has 5 heteroatoms. The fourth-order valence-electron chi connectivity index (χ4n) is 0.917. The summed E-state index contributed by atoms with van der Waals surface area (Å²) < 4.78 is 13.4. The van der Waals surface area contributed by atoms with Crippen LogP contribution in [0.1, 0.15) is 0 Å². The van der Waals surface area contributed by atoms with E-state index in [0.717, 1.165) is 0 Å². The summed E-state index contributed by atoms with van der Waals surface area (Å²) in [5.41, 5.74) is 2.06. The lowest BCUT2D eigenvalue weighted by molar-refractivity contribution is 0.627. The Kier molecular flexibility index (Phi) is 4.72. The quantitative estimate of drug-likeness (QED) is 0.872. The molecule has 0 aliphatic heterocycles. The minimum Gasteiger partial charge on any atom is -0.379 e. The van der Waals surface area contributed by atoms with Crippen LogP contribution < -0.4 is 5.32 Å². The first-order valence-corrected chi connectivity index (χ1v) is 5.39. The van der Waals surface area contributed by atoms with Crippen LogP contribution in [0, 0.1) is 5.82 Å². The number of hydrogen-bond donors (Lipinski definition) is 1. The highest BCUT2D eigenvalue weighted by atomic mass is 79.9. The molecular weight excluding hydrogens is 292 g/mol. The molecule has 0 heterocycles. The maximum absolute atomic E-state index is 12.8. The summed E-state index contributed by atoms with van der Waals surface area (Å²) in [4.78, 5) is 0. The van der Waals surface area contributed by atoms with E-state index >= 15 is 0 Å². The molecule has 0 aliphatic carbocycles. The lowest BCUT2D eigenvalue weighted by Crippen LogP contribution is -1.99. The first kappa shape index (κ1) is 11.8. The molecule has 1 nitrogen and oxygen atoms in total. The summed E-state index contributed by atoms with van der Waals surface area (Å²) in [5, 5.41) is 3.33.